The maximum atomic E-state index is 14.1. The molecular formula is C45H51N11O7. The number of likely N-dealkylation sites (tertiary alicyclic amines) is 1. The van der Waals surface area contributed by atoms with Crippen molar-refractivity contribution in [1.82, 2.24) is 50.0 Å². The van der Waals surface area contributed by atoms with E-state index < -0.39 is 41.7 Å². The summed E-state index contributed by atoms with van der Waals surface area (Å²) < 4.78 is 2.09. The molecule has 6 fully saturated rings. The van der Waals surface area contributed by atoms with E-state index in [2.05, 4.69) is 40.4 Å². The van der Waals surface area contributed by atoms with Crippen LogP contribution in [0.15, 0.2) is 61.2 Å². The van der Waals surface area contributed by atoms with E-state index >= 15 is 0 Å². The van der Waals surface area contributed by atoms with Gasteiger partial charge in [0.2, 0.25) is 17.7 Å². The Morgan fingerprint density at radius 1 is 0.873 bits per heavy atom. The number of carboxylic acids is 1. The van der Waals surface area contributed by atoms with Crippen LogP contribution in [0.3, 0.4) is 0 Å². The van der Waals surface area contributed by atoms with Crippen molar-refractivity contribution in [1.29, 1.82) is 0 Å². The van der Waals surface area contributed by atoms with Crippen molar-refractivity contribution in [2.75, 3.05) is 44.6 Å². The van der Waals surface area contributed by atoms with Crippen molar-refractivity contribution in [2.24, 2.45) is 11.8 Å². The van der Waals surface area contributed by atoms with E-state index in [0.29, 0.717) is 37.8 Å². The van der Waals surface area contributed by atoms with E-state index in [9.17, 15) is 33.9 Å². The average Bonchev–Trinajstić information content (AvgIpc) is 3.81. The number of nitrogens with one attached hydrogen (secondary N) is 3. The third-order valence-corrected chi connectivity index (χ3v) is 14.2. The number of carbonyl (C=O) groups is 6. The van der Waals surface area contributed by atoms with Gasteiger partial charge in [0.05, 0.1) is 23.9 Å². The molecule has 5 saturated heterocycles. The highest BCUT2D eigenvalue weighted by Gasteiger charge is 2.51. The van der Waals surface area contributed by atoms with E-state index in [-0.39, 0.29) is 59.5 Å². The van der Waals surface area contributed by atoms with Crippen LogP contribution in [-0.2, 0) is 25.6 Å². The highest BCUT2D eigenvalue weighted by molar-refractivity contribution is 6.24. The van der Waals surface area contributed by atoms with Gasteiger partial charge in [-0.2, -0.15) is 0 Å². The fourth-order valence-corrected chi connectivity index (χ4v) is 10.8. The number of carbonyl (C=O) groups excluding carboxylic acids is 5. The van der Waals surface area contributed by atoms with Gasteiger partial charge in [-0.05, 0) is 87.1 Å². The number of aliphatic carboxylic acids is 1. The molecule has 0 radical (unpaired) electrons. The number of rotatable bonds is 13. The normalized spacial score (nSPS) is 27.0. The SMILES string of the molecule is O=C1CC[C@H](N2C(=O)c3cccc([C@@H](C(=O)O)N4[C@H](CN5CCC(CNc6ncnc7c6ncn7C6CC(NC(=O)Cc7ccccc7)C6)CC5)C5CCN4CC5)c3C2=O)C(=O)N1. The van der Waals surface area contributed by atoms with Crippen LogP contribution in [0.1, 0.15) is 95.3 Å². The molecule has 11 rings (SSSR count). The van der Waals surface area contributed by atoms with Gasteiger partial charge >= 0.3 is 5.97 Å². The van der Waals surface area contributed by atoms with Crippen LogP contribution >= 0.6 is 0 Å². The first-order valence-electron chi connectivity index (χ1n) is 22.2. The first kappa shape index (κ1) is 40.9. The lowest BCUT2D eigenvalue weighted by atomic mass is 9.83. The van der Waals surface area contributed by atoms with Gasteiger partial charge in [-0.15, -0.1) is 0 Å². The Bertz CT molecular complexity index is 2460. The van der Waals surface area contributed by atoms with Gasteiger partial charge < -0.3 is 25.2 Å². The first-order chi connectivity index (χ1) is 30.6. The number of anilines is 1. The quantitative estimate of drug-likeness (QED) is 0.142. The number of fused-ring (bicyclic) bond motifs is 5. The number of piperidine rings is 3. The number of nitrogens with zero attached hydrogens (tertiary/aromatic N) is 8. The lowest BCUT2D eigenvalue weighted by molar-refractivity contribution is -0.196. The summed E-state index contributed by atoms with van der Waals surface area (Å²) in [6.07, 6.45) is 9.15. The van der Waals surface area contributed by atoms with Crippen LogP contribution in [0, 0.1) is 11.8 Å². The van der Waals surface area contributed by atoms with Crippen molar-refractivity contribution in [3.8, 4) is 0 Å². The number of carboxylic acid groups (broad SMARTS) is 1. The Hall–Kier alpha value is -6.11. The summed E-state index contributed by atoms with van der Waals surface area (Å²) in [5.41, 5.74) is 2.81. The van der Waals surface area contributed by atoms with E-state index in [1.54, 1.807) is 18.5 Å². The lowest BCUT2D eigenvalue weighted by Gasteiger charge is -2.56. The standard InChI is InChI=1S/C45H51N11O7/c57-35-10-9-33(42(59)51-35)55-43(60)32-8-4-7-31(37(32)44(55)61)39(45(62)63)56-34(28-13-17-53(56)18-14-28)23-52-15-11-27(12-16-52)22-46-40-38-41(48-24-47-40)54(25-49-38)30-20-29(21-30)50-36(58)19-26-5-2-1-3-6-26/h1-8,24-25,27-30,33-34,39H,9-23H2,(H,50,58)(H,62,63)(H,46,47,48)(H,51,57,59)/t29?,30?,33-,34+,39-/m0/s1. The zero-order chi connectivity index (χ0) is 43.4. The Morgan fingerprint density at radius 3 is 2.40 bits per heavy atom. The molecule has 63 heavy (non-hydrogen) atoms. The summed E-state index contributed by atoms with van der Waals surface area (Å²) in [5, 5.41) is 24.0. The van der Waals surface area contributed by atoms with Crippen LogP contribution in [0.25, 0.3) is 11.2 Å². The van der Waals surface area contributed by atoms with Crippen molar-refractivity contribution in [2.45, 2.75) is 88.0 Å². The number of hydrazine groups is 1. The van der Waals surface area contributed by atoms with Crippen LogP contribution < -0.4 is 16.0 Å². The predicted molar refractivity (Wildman–Crippen MR) is 227 cm³/mol. The number of hydrogen-bond acceptors (Lipinski definition) is 13. The lowest BCUT2D eigenvalue weighted by Crippen LogP contribution is -2.66. The molecule has 1 saturated carbocycles. The second-order valence-corrected chi connectivity index (χ2v) is 17.9. The van der Waals surface area contributed by atoms with Crippen LogP contribution in [0.5, 0.6) is 0 Å². The van der Waals surface area contributed by atoms with E-state index in [4.69, 9.17) is 4.98 Å². The zero-order valence-corrected chi connectivity index (χ0v) is 34.9. The highest BCUT2D eigenvalue weighted by Crippen LogP contribution is 2.42. The summed E-state index contributed by atoms with van der Waals surface area (Å²) >= 11 is 0. The Morgan fingerprint density at radius 2 is 1.65 bits per heavy atom. The van der Waals surface area contributed by atoms with Gasteiger partial charge in [0.1, 0.15) is 23.9 Å². The second kappa shape index (κ2) is 16.9. The third-order valence-electron chi connectivity index (χ3n) is 14.2. The summed E-state index contributed by atoms with van der Waals surface area (Å²) in [7, 11) is 0. The Labute approximate surface area is 363 Å². The van der Waals surface area contributed by atoms with Gasteiger partial charge in [0, 0.05) is 50.7 Å². The topological polar surface area (TPSA) is 215 Å². The minimum Gasteiger partial charge on any atom is -0.480 e. The summed E-state index contributed by atoms with van der Waals surface area (Å²) in [6, 6.07) is 12.3. The van der Waals surface area contributed by atoms with Crippen LogP contribution in [0.2, 0.25) is 0 Å². The molecule has 8 heterocycles. The minimum absolute atomic E-state index is 0.00620. The number of aromatic nitrogens is 4. The molecule has 5 amide bonds. The number of imidazole rings is 1. The van der Waals surface area contributed by atoms with Crippen molar-refractivity contribution in [3.63, 3.8) is 0 Å². The number of imide groups is 2. The van der Waals surface area contributed by atoms with Gasteiger partial charge in [-0.25, -0.2) is 25.0 Å². The monoisotopic (exact) mass is 857 g/mol. The molecule has 0 unspecified atom stereocenters. The van der Waals surface area contributed by atoms with Crippen LogP contribution in [0.4, 0.5) is 5.82 Å². The molecule has 4 aromatic rings. The summed E-state index contributed by atoms with van der Waals surface area (Å²) in [5.74, 6) is -2.29. The maximum Gasteiger partial charge on any atom is 0.326 e. The van der Waals surface area contributed by atoms with Gasteiger partial charge in [0.15, 0.2) is 11.5 Å². The van der Waals surface area contributed by atoms with Crippen molar-refractivity contribution < 1.29 is 33.9 Å². The fourth-order valence-electron chi connectivity index (χ4n) is 10.8. The molecule has 4 N–H and O–H groups in total. The van der Waals surface area contributed by atoms with Gasteiger partial charge in [-0.1, -0.05) is 42.5 Å². The zero-order valence-electron chi connectivity index (χ0n) is 34.9. The smallest absolute Gasteiger partial charge is 0.326 e. The average molecular weight is 858 g/mol. The van der Waals surface area contributed by atoms with Gasteiger partial charge in [0.25, 0.3) is 11.8 Å². The largest absolute Gasteiger partial charge is 0.480 e. The van der Waals surface area contributed by atoms with E-state index in [1.165, 1.54) is 6.07 Å². The first-order valence-corrected chi connectivity index (χ1v) is 22.2. The molecule has 328 valence electrons. The van der Waals surface area contributed by atoms with Crippen molar-refractivity contribution in [3.05, 3.63) is 83.4 Å². The molecule has 1 aliphatic carbocycles. The molecule has 2 bridgehead atoms. The number of amides is 5. The third kappa shape index (κ3) is 7.73. The number of benzene rings is 2. The molecule has 2 aromatic carbocycles. The maximum absolute atomic E-state index is 14.1. The molecular weight excluding hydrogens is 807 g/mol. The molecule has 0 spiro atoms. The molecule has 7 aliphatic rings. The molecule has 6 aliphatic heterocycles. The summed E-state index contributed by atoms with van der Waals surface area (Å²) in [4.78, 5) is 95.5. The molecule has 3 atom stereocenters. The minimum atomic E-state index is -1.22. The van der Waals surface area contributed by atoms with Crippen molar-refractivity contribution >= 4 is 52.5 Å². The molecule has 18 heteroatoms. The van der Waals surface area contributed by atoms with Crippen LogP contribution in [-0.4, -0.2) is 137 Å². The molecule has 2 aromatic heterocycles. The Kier molecular flexibility index (Phi) is 11.0. The predicted octanol–water partition coefficient (Wildman–Crippen LogP) is 2.55. The summed E-state index contributed by atoms with van der Waals surface area (Å²) in [6.45, 7) is 4.47. The van der Waals surface area contributed by atoms with E-state index in [1.807, 2.05) is 41.7 Å². The fraction of sp³-hybridized carbons (Fsp3) is 0.489. The molecule has 18 nitrogen and oxygen atoms in total. The number of hydrogen-bond donors (Lipinski definition) is 4. The van der Waals surface area contributed by atoms with E-state index in [0.717, 1.165) is 79.8 Å². The van der Waals surface area contributed by atoms with Gasteiger partial charge in [-0.3, -0.25) is 39.0 Å². The highest BCUT2D eigenvalue weighted by atomic mass is 16.4. The second-order valence-electron chi connectivity index (χ2n) is 17.9. The Balaban J connectivity index is 0.769.